The van der Waals surface area contributed by atoms with Crippen molar-refractivity contribution in [1.82, 2.24) is 14.9 Å². The van der Waals surface area contributed by atoms with Gasteiger partial charge < -0.3 is 20.1 Å². The van der Waals surface area contributed by atoms with Crippen molar-refractivity contribution in [3.8, 4) is 11.8 Å². The zero-order valence-electron chi connectivity index (χ0n) is 15.6. The summed E-state index contributed by atoms with van der Waals surface area (Å²) in [5.74, 6) is -0.174. The highest BCUT2D eigenvalue weighted by molar-refractivity contribution is 5.91. The number of aromatic nitrogens is 2. The van der Waals surface area contributed by atoms with Gasteiger partial charge in [0.05, 0.1) is 5.41 Å². The molecule has 2 fully saturated rings. The molecule has 1 aromatic heterocycles. The van der Waals surface area contributed by atoms with E-state index in [4.69, 9.17) is 4.74 Å². The largest absolute Gasteiger partial charge is 0.481 e. The van der Waals surface area contributed by atoms with Gasteiger partial charge in [-0.1, -0.05) is 6.42 Å². The molecule has 0 unspecified atom stereocenters. The molecule has 146 valence electrons. The van der Waals surface area contributed by atoms with Crippen LogP contribution in [-0.4, -0.2) is 45.1 Å². The number of nitrogens with zero attached hydrogens (tertiary/aromatic N) is 3. The topological polar surface area (TPSA) is 105 Å². The van der Waals surface area contributed by atoms with E-state index in [1.54, 1.807) is 41.6 Å². The Labute approximate surface area is 162 Å². The van der Waals surface area contributed by atoms with Crippen LogP contribution in [0.25, 0.3) is 0 Å². The Bertz CT molecular complexity index is 904. The van der Waals surface area contributed by atoms with Gasteiger partial charge in [-0.2, -0.15) is 0 Å². The van der Waals surface area contributed by atoms with E-state index >= 15 is 0 Å². The molecule has 2 amide bonds. The molecule has 2 atom stereocenters. The number of rotatable bonds is 4. The fourth-order valence-electron chi connectivity index (χ4n) is 4.27. The van der Waals surface area contributed by atoms with Crippen molar-refractivity contribution >= 4 is 17.7 Å². The monoisotopic (exact) mass is 382 g/mol. The minimum Gasteiger partial charge on any atom is -0.481 e. The second-order valence-electron chi connectivity index (χ2n) is 7.47. The molecule has 1 saturated carbocycles. The average Bonchev–Trinajstić information content (AvgIpc) is 3.23. The zero-order valence-corrected chi connectivity index (χ0v) is 15.6. The summed E-state index contributed by atoms with van der Waals surface area (Å²) < 4.78 is 5.60. The van der Waals surface area contributed by atoms with E-state index in [-0.39, 0.29) is 24.5 Å². The Morgan fingerprint density at radius 1 is 1.32 bits per heavy atom. The lowest BCUT2D eigenvalue weighted by atomic mass is 9.81. The standard InChI is InChI=1S/C20H22N4O4/c1-13-10-15(28-18-21-8-3-9-22-18)5-6-16(13)23-19(27)24-11-14-4-2-7-20(14,12-24)17(25)26/h3,5-6,8-10,14H,2,4,7,11-12H2,1H3,(H,23,27)(H,25,26)/t14-,20+/m0/s1. The van der Waals surface area contributed by atoms with E-state index in [1.807, 2.05) is 6.92 Å². The third kappa shape index (κ3) is 3.26. The van der Waals surface area contributed by atoms with Crippen LogP contribution in [-0.2, 0) is 4.79 Å². The minimum atomic E-state index is -0.786. The molecule has 4 rings (SSSR count). The van der Waals surface area contributed by atoms with Gasteiger partial charge in [-0.05, 0) is 55.5 Å². The molecule has 1 aliphatic heterocycles. The fraction of sp³-hybridized carbons (Fsp3) is 0.400. The lowest BCUT2D eigenvalue weighted by Crippen LogP contribution is -2.38. The maximum Gasteiger partial charge on any atom is 0.321 e. The lowest BCUT2D eigenvalue weighted by Gasteiger charge is -2.23. The number of ether oxygens (including phenoxy) is 1. The number of carbonyl (C=O) groups is 2. The third-order valence-electron chi connectivity index (χ3n) is 5.77. The zero-order chi connectivity index (χ0) is 19.7. The molecular formula is C20H22N4O4. The third-order valence-corrected chi connectivity index (χ3v) is 5.77. The van der Waals surface area contributed by atoms with Crippen LogP contribution in [0.3, 0.4) is 0 Å². The Morgan fingerprint density at radius 3 is 2.79 bits per heavy atom. The average molecular weight is 382 g/mol. The molecule has 2 heterocycles. The molecule has 0 spiro atoms. The number of aryl methyl sites for hydroxylation is 1. The summed E-state index contributed by atoms with van der Waals surface area (Å²) in [6, 6.07) is 6.98. The number of amides is 2. The molecule has 28 heavy (non-hydrogen) atoms. The molecule has 1 aliphatic carbocycles. The number of carbonyl (C=O) groups excluding carboxylic acids is 1. The van der Waals surface area contributed by atoms with E-state index in [0.717, 1.165) is 18.4 Å². The van der Waals surface area contributed by atoms with Gasteiger partial charge in [-0.25, -0.2) is 14.8 Å². The maximum absolute atomic E-state index is 12.7. The molecule has 1 aromatic carbocycles. The van der Waals surface area contributed by atoms with Crippen LogP contribution in [0.4, 0.5) is 10.5 Å². The molecule has 0 bridgehead atoms. The number of fused-ring (bicyclic) bond motifs is 1. The molecule has 2 N–H and O–H groups in total. The second kappa shape index (κ2) is 7.10. The van der Waals surface area contributed by atoms with Crippen LogP contribution < -0.4 is 10.1 Å². The van der Waals surface area contributed by atoms with Crippen molar-refractivity contribution in [2.45, 2.75) is 26.2 Å². The van der Waals surface area contributed by atoms with Gasteiger partial charge in [0.1, 0.15) is 5.75 Å². The van der Waals surface area contributed by atoms with E-state index in [9.17, 15) is 14.7 Å². The Kier molecular flexibility index (Phi) is 4.62. The summed E-state index contributed by atoms with van der Waals surface area (Å²) in [6.07, 6.45) is 5.61. The lowest BCUT2D eigenvalue weighted by molar-refractivity contribution is -0.149. The molecule has 0 radical (unpaired) electrons. The van der Waals surface area contributed by atoms with Crippen molar-refractivity contribution in [2.75, 3.05) is 18.4 Å². The predicted molar refractivity (Wildman–Crippen MR) is 101 cm³/mol. The molecule has 8 heteroatoms. The Morgan fingerprint density at radius 2 is 2.11 bits per heavy atom. The summed E-state index contributed by atoms with van der Waals surface area (Å²) in [4.78, 5) is 34.2. The molecule has 1 saturated heterocycles. The number of aliphatic carboxylic acids is 1. The number of hydrogen-bond acceptors (Lipinski definition) is 5. The SMILES string of the molecule is Cc1cc(Oc2ncccn2)ccc1NC(=O)N1C[C@@H]2CCC[C@@]2(C(=O)O)C1. The number of urea groups is 1. The first kappa shape index (κ1) is 18.2. The second-order valence-corrected chi connectivity index (χ2v) is 7.47. The smallest absolute Gasteiger partial charge is 0.321 e. The van der Waals surface area contributed by atoms with Crippen LogP contribution in [0.5, 0.6) is 11.8 Å². The molecule has 8 nitrogen and oxygen atoms in total. The fourth-order valence-corrected chi connectivity index (χ4v) is 4.27. The number of hydrogen-bond donors (Lipinski definition) is 2. The first-order valence-corrected chi connectivity index (χ1v) is 9.33. The van der Waals surface area contributed by atoms with Gasteiger partial charge in [-0.15, -0.1) is 0 Å². The van der Waals surface area contributed by atoms with Crippen LogP contribution >= 0.6 is 0 Å². The summed E-state index contributed by atoms with van der Waals surface area (Å²) in [6.45, 7) is 2.62. The van der Waals surface area contributed by atoms with Gasteiger partial charge in [-0.3, -0.25) is 4.79 Å². The predicted octanol–water partition coefficient (Wildman–Crippen LogP) is 3.30. The van der Waals surface area contributed by atoms with Crippen molar-refractivity contribution in [1.29, 1.82) is 0 Å². The highest BCUT2D eigenvalue weighted by Gasteiger charge is 2.55. The number of carboxylic acid groups (broad SMARTS) is 1. The molecule has 2 aliphatic rings. The van der Waals surface area contributed by atoms with E-state index in [1.165, 1.54) is 0 Å². The quantitative estimate of drug-likeness (QED) is 0.841. The van der Waals surface area contributed by atoms with Crippen LogP contribution in [0.1, 0.15) is 24.8 Å². The number of benzene rings is 1. The summed E-state index contributed by atoms with van der Waals surface area (Å²) >= 11 is 0. The van der Waals surface area contributed by atoms with Gasteiger partial charge >= 0.3 is 18.0 Å². The highest BCUT2D eigenvalue weighted by Crippen LogP contribution is 2.49. The Balaban J connectivity index is 1.43. The van der Waals surface area contributed by atoms with Gasteiger partial charge in [0, 0.05) is 31.2 Å². The number of anilines is 1. The normalized spacial score (nSPS) is 23.3. The maximum atomic E-state index is 12.7. The van der Waals surface area contributed by atoms with E-state index in [2.05, 4.69) is 15.3 Å². The van der Waals surface area contributed by atoms with E-state index in [0.29, 0.717) is 24.4 Å². The summed E-state index contributed by atoms with van der Waals surface area (Å²) in [7, 11) is 0. The van der Waals surface area contributed by atoms with Crippen LogP contribution in [0, 0.1) is 18.3 Å². The van der Waals surface area contributed by atoms with Crippen LogP contribution in [0.15, 0.2) is 36.7 Å². The van der Waals surface area contributed by atoms with Crippen molar-refractivity contribution < 1.29 is 19.4 Å². The first-order valence-electron chi connectivity index (χ1n) is 9.33. The first-order chi connectivity index (χ1) is 13.5. The molecular weight excluding hydrogens is 360 g/mol. The summed E-state index contributed by atoms with van der Waals surface area (Å²) in [5, 5.41) is 12.6. The Hall–Kier alpha value is -3.16. The minimum absolute atomic E-state index is 0.0403. The highest BCUT2D eigenvalue weighted by atomic mass is 16.5. The molecule has 2 aromatic rings. The van der Waals surface area contributed by atoms with E-state index < -0.39 is 11.4 Å². The van der Waals surface area contributed by atoms with Crippen molar-refractivity contribution in [3.63, 3.8) is 0 Å². The number of likely N-dealkylation sites (tertiary alicyclic amines) is 1. The van der Waals surface area contributed by atoms with Gasteiger partial charge in [0.2, 0.25) is 0 Å². The number of nitrogens with one attached hydrogen (secondary N) is 1. The van der Waals surface area contributed by atoms with Gasteiger partial charge in [0.25, 0.3) is 0 Å². The van der Waals surface area contributed by atoms with Crippen molar-refractivity contribution in [2.24, 2.45) is 11.3 Å². The van der Waals surface area contributed by atoms with Crippen molar-refractivity contribution in [3.05, 3.63) is 42.2 Å². The van der Waals surface area contributed by atoms with Gasteiger partial charge in [0.15, 0.2) is 0 Å². The van der Waals surface area contributed by atoms with Crippen LogP contribution in [0.2, 0.25) is 0 Å². The summed E-state index contributed by atoms with van der Waals surface area (Å²) in [5.41, 5.74) is 0.710. The number of carboxylic acids is 1.